The van der Waals surface area contributed by atoms with Crippen LogP contribution in [0, 0.1) is 5.92 Å². The molecular formula is C15H24N2O2S. The second kappa shape index (κ2) is 6.70. The van der Waals surface area contributed by atoms with Crippen LogP contribution in [0.3, 0.4) is 0 Å². The summed E-state index contributed by atoms with van der Waals surface area (Å²) >= 11 is 0. The van der Waals surface area contributed by atoms with Crippen molar-refractivity contribution in [1.82, 2.24) is 10.0 Å². The molecule has 5 heteroatoms. The SMILES string of the molecule is CC(C)c1ccc(S(=O)(=O)NCCC2CCNC2)cc1. The van der Waals surface area contributed by atoms with Crippen molar-refractivity contribution >= 4 is 10.0 Å². The van der Waals surface area contributed by atoms with Crippen LogP contribution in [-0.4, -0.2) is 28.1 Å². The predicted molar refractivity (Wildman–Crippen MR) is 81.3 cm³/mol. The molecule has 1 aromatic carbocycles. The van der Waals surface area contributed by atoms with Crippen LogP contribution in [0.1, 0.15) is 38.2 Å². The van der Waals surface area contributed by atoms with E-state index in [1.165, 1.54) is 0 Å². The Morgan fingerprint density at radius 2 is 2.00 bits per heavy atom. The van der Waals surface area contributed by atoms with Gasteiger partial charge in [-0.25, -0.2) is 13.1 Å². The number of nitrogens with one attached hydrogen (secondary N) is 2. The largest absolute Gasteiger partial charge is 0.316 e. The van der Waals surface area contributed by atoms with E-state index in [1.807, 2.05) is 12.1 Å². The summed E-state index contributed by atoms with van der Waals surface area (Å²) in [7, 11) is -3.36. The summed E-state index contributed by atoms with van der Waals surface area (Å²) in [5, 5.41) is 3.29. The van der Waals surface area contributed by atoms with Gasteiger partial charge < -0.3 is 5.32 Å². The highest BCUT2D eigenvalue weighted by Gasteiger charge is 2.17. The molecule has 0 amide bonds. The fourth-order valence-electron chi connectivity index (χ4n) is 2.47. The van der Waals surface area contributed by atoms with Crippen LogP contribution in [0.25, 0.3) is 0 Å². The van der Waals surface area contributed by atoms with Gasteiger partial charge in [-0.15, -0.1) is 0 Å². The Labute approximate surface area is 122 Å². The minimum atomic E-state index is -3.36. The van der Waals surface area contributed by atoms with Crippen molar-refractivity contribution in [3.8, 4) is 0 Å². The van der Waals surface area contributed by atoms with E-state index in [-0.39, 0.29) is 0 Å². The van der Waals surface area contributed by atoms with E-state index in [9.17, 15) is 8.42 Å². The molecule has 20 heavy (non-hydrogen) atoms. The van der Waals surface area contributed by atoms with Gasteiger partial charge in [0.2, 0.25) is 10.0 Å². The van der Waals surface area contributed by atoms with Crippen LogP contribution in [0.15, 0.2) is 29.2 Å². The number of benzene rings is 1. The van der Waals surface area contributed by atoms with Crippen LogP contribution >= 0.6 is 0 Å². The van der Waals surface area contributed by atoms with Crippen molar-refractivity contribution in [2.45, 2.75) is 37.5 Å². The molecule has 0 bridgehead atoms. The minimum absolute atomic E-state index is 0.353. The first-order chi connectivity index (χ1) is 9.49. The molecule has 0 spiro atoms. The van der Waals surface area contributed by atoms with Gasteiger partial charge in [-0.1, -0.05) is 26.0 Å². The molecule has 1 atom stereocenters. The van der Waals surface area contributed by atoms with E-state index in [1.54, 1.807) is 12.1 Å². The highest BCUT2D eigenvalue weighted by atomic mass is 32.2. The fraction of sp³-hybridized carbons (Fsp3) is 0.600. The summed E-state index contributed by atoms with van der Waals surface area (Å²) in [6.07, 6.45) is 2.04. The van der Waals surface area contributed by atoms with Crippen molar-refractivity contribution in [3.63, 3.8) is 0 Å². The quantitative estimate of drug-likeness (QED) is 0.845. The number of hydrogen-bond acceptors (Lipinski definition) is 3. The molecule has 2 rings (SSSR count). The van der Waals surface area contributed by atoms with Gasteiger partial charge in [-0.05, 0) is 55.5 Å². The van der Waals surface area contributed by atoms with Crippen LogP contribution in [0.2, 0.25) is 0 Å². The van der Waals surface area contributed by atoms with Gasteiger partial charge in [0.1, 0.15) is 0 Å². The molecule has 1 aliphatic rings. The van der Waals surface area contributed by atoms with Crippen molar-refractivity contribution in [2.24, 2.45) is 5.92 Å². The normalized spacial score (nSPS) is 19.6. The zero-order valence-electron chi connectivity index (χ0n) is 12.2. The third-order valence-corrected chi connectivity index (χ3v) is 5.34. The van der Waals surface area contributed by atoms with E-state index >= 15 is 0 Å². The van der Waals surface area contributed by atoms with Crippen LogP contribution in [0.4, 0.5) is 0 Å². The van der Waals surface area contributed by atoms with E-state index < -0.39 is 10.0 Å². The second-order valence-corrected chi connectivity index (χ2v) is 7.54. The third kappa shape index (κ3) is 4.04. The van der Waals surface area contributed by atoms with Gasteiger partial charge in [0, 0.05) is 6.54 Å². The summed E-state index contributed by atoms with van der Waals surface area (Å²) < 4.78 is 27.0. The van der Waals surface area contributed by atoms with Gasteiger partial charge in [-0.2, -0.15) is 0 Å². The Hall–Kier alpha value is -0.910. The summed E-state index contributed by atoms with van der Waals surface area (Å²) in [4.78, 5) is 0.353. The molecule has 0 radical (unpaired) electrons. The maximum Gasteiger partial charge on any atom is 0.240 e. The average Bonchev–Trinajstić information content (AvgIpc) is 2.92. The maximum absolute atomic E-state index is 12.2. The van der Waals surface area contributed by atoms with Crippen molar-refractivity contribution in [2.75, 3.05) is 19.6 Å². The van der Waals surface area contributed by atoms with E-state index in [0.29, 0.717) is 23.3 Å². The molecule has 1 aliphatic heterocycles. The molecule has 4 nitrogen and oxygen atoms in total. The zero-order valence-corrected chi connectivity index (χ0v) is 13.0. The molecule has 112 valence electrons. The Morgan fingerprint density at radius 1 is 1.30 bits per heavy atom. The molecule has 1 heterocycles. The van der Waals surface area contributed by atoms with Gasteiger partial charge in [0.05, 0.1) is 4.90 Å². The first-order valence-electron chi connectivity index (χ1n) is 7.29. The monoisotopic (exact) mass is 296 g/mol. The number of rotatable bonds is 6. The van der Waals surface area contributed by atoms with Crippen molar-refractivity contribution < 1.29 is 8.42 Å². The minimum Gasteiger partial charge on any atom is -0.316 e. The van der Waals surface area contributed by atoms with Crippen molar-refractivity contribution in [1.29, 1.82) is 0 Å². The summed E-state index contributed by atoms with van der Waals surface area (Å²) in [6, 6.07) is 7.16. The Balaban J connectivity index is 1.91. The summed E-state index contributed by atoms with van der Waals surface area (Å²) in [5.74, 6) is 1.01. The molecular weight excluding hydrogens is 272 g/mol. The Bertz CT molecular complexity index is 517. The molecule has 1 saturated heterocycles. The molecule has 1 fully saturated rings. The van der Waals surface area contributed by atoms with Gasteiger partial charge in [0.25, 0.3) is 0 Å². The Morgan fingerprint density at radius 3 is 2.55 bits per heavy atom. The molecule has 1 aromatic rings. The van der Waals surface area contributed by atoms with Crippen molar-refractivity contribution in [3.05, 3.63) is 29.8 Å². The van der Waals surface area contributed by atoms with E-state index in [4.69, 9.17) is 0 Å². The standard InChI is InChI=1S/C15H24N2O2S/c1-12(2)14-3-5-15(6-4-14)20(18,19)17-10-8-13-7-9-16-11-13/h3-6,12-13,16-17H,7-11H2,1-2H3. The van der Waals surface area contributed by atoms with Crippen LogP contribution < -0.4 is 10.0 Å². The predicted octanol–water partition coefficient (Wildman–Crippen LogP) is 2.09. The third-order valence-electron chi connectivity index (χ3n) is 3.86. The first kappa shape index (κ1) is 15.5. The lowest BCUT2D eigenvalue weighted by Crippen LogP contribution is -2.26. The lowest BCUT2D eigenvalue weighted by Gasteiger charge is -2.11. The fourth-order valence-corrected chi connectivity index (χ4v) is 3.52. The molecule has 2 N–H and O–H groups in total. The maximum atomic E-state index is 12.2. The molecule has 0 aromatic heterocycles. The molecule has 1 unspecified atom stereocenters. The van der Waals surface area contributed by atoms with Crippen LogP contribution in [0.5, 0.6) is 0 Å². The lowest BCUT2D eigenvalue weighted by molar-refractivity contribution is 0.519. The van der Waals surface area contributed by atoms with Gasteiger partial charge >= 0.3 is 0 Å². The van der Waals surface area contributed by atoms with Gasteiger partial charge in [-0.3, -0.25) is 0 Å². The highest BCUT2D eigenvalue weighted by Crippen LogP contribution is 2.17. The topological polar surface area (TPSA) is 58.2 Å². The number of sulfonamides is 1. The van der Waals surface area contributed by atoms with Gasteiger partial charge in [0.15, 0.2) is 0 Å². The number of hydrogen-bond donors (Lipinski definition) is 2. The molecule has 0 saturated carbocycles. The first-order valence-corrected chi connectivity index (χ1v) is 8.77. The zero-order chi connectivity index (χ0) is 14.6. The summed E-state index contributed by atoms with van der Waals surface area (Å²) in [6.45, 7) is 6.76. The second-order valence-electron chi connectivity index (χ2n) is 5.77. The summed E-state index contributed by atoms with van der Waals surface area (Å²) in [5.41, 5.74) is 1.15. The van der Waals surface area contributed by atoms with E-state index in [0.717, 1.165) is 31.5 Å². The van der Waals surface area contributed by atoms with E-state index in [2.05, 4.69) is 23.9 Å². The Kier molecular flexibility index (Phi) is 5.18. The highest BCUT2D eigenvalue weighted by molar-refractivity contribution is 7.89. The van der Waals surface area contributed by atoms with Crippen LogP contribution in [-0.2, 0) is 10.0 Å². The molecule has 0 aliphatic carbocycles. The lowest BCUT2D eigenvalue weighted by atomic mass is 10.0. The smallest absolute Gasteiger partial charge is 0.240 e. The average molecular weight is 296 g/mol.